The van der Waals surface area contributed by atoms with Crippen LogP contribution in [0.2, 0.25) is 0 Å². The van der Waals surface area contributed by atoms with Crippen molar-refractivity contribution in [1.29, 1.82) is 0 Å². The lowest BCUT2D eigenvalue weighted by Gasteiger charge is -2.38. The van der Waals surface area contributed by atoms with Crippen LogP contribution in [0.15, 0.2) is 36.5 Å². The first-order chi connectivity index (χ1) is 15.0. The zero-order chi connectivity index (χ0) is 21.8. The number of nitrogens with one attached hydrogen (secondary N) is 2. The molecule has 0 aliphatic carbocycles. The highest BCUT2D eigenvalue weighted by molar-refractivity contribution is 6.35. The van der Waals surface area contributed by atoms with Crippen molar-refractivity contribution in [1.82, 2.24) is 25.0 Å². The van der Waals surface area contributed by atoms with E-state index in [2.05, 4.69) is 38.1 Å². The third-order valence-corrected chi connectivity index (χ3v) is 5.86. The summed E-state index contributed by atoms with van der Waals surface area (Å²) in [5.41, 5.74) is 1.95. The smallest absolute Gasteiger partial charge is 0.309 e. The number of hydrogen-bond donors (Lipinski definition) is 2. The Kier molecular flexibility index (Phi) is 6.43. The van der Waals surface area contributed by atoms with Gasteiger partial charge in [0.15, 0.2) is 11.5 Å². The van der Waals surface area contributed by atoms with Crippen molar-refractivity contribution in [3.8, 4) is 11.5 Å². The van der Waals surface area contributed by atoms with Crippen LogP contribution in [0.1, 0.15) is 17.3 Å². The monoisotopic (exact) mass is 427 g/mol. The minimum Gasteiger partial charge on any atom is -0.454 e. The number of aryl methyl sites for hydroxylation is 1. The van der Waals surface area contributed by atoms with Crippen LogP contribution >= 0.6 is 0 Å². The first-order valence-electron chi connectivity index (χ1n) is 10.5. The number of fused-ring (bicyclic) bond motifs is 1. The van der Waals surface area contributed by atoms with Crippen molar-refractivity contribution in [2.24, 2.45) is 7.05 Å². The van der Waals surface area contributed by atoms with Gasteiger partial charge in [-0.05, 0) is 36.9 Å². The molecule has 2 aliphatic heterocycles. The van der Waals surface area contributed by atoms with E-state index >= 15 is 0 Å². The summed E-state index contributed by atoms with van der Waals surface area (Å²) in [5, 5.41) is 5.49. The average Bonchev–Trinajstić information content (AvgIpc) is 3.41. The van der Waals surface area contributed by atoms with E-state index in [4.69, 9.17) is 9.47 Å². The number of aromatic nitrogens is 1. The summed E-state index contributed by atoms with van der Waals surface area (Å²) in [6.45, 7) is 4.59. The first-order valence-corrected chi connectivity index (χ1v) is 10.5. The zero-order valence-corrected chi connectivity index (χ0v) is 18.0. The Hall–Kier alpha value is -3.04. The predicted molar refractivity (Wildman–Crippen MR) is 115 cm³/mol. The van der Waals surface area contributed by atoms with E-state index in [0.717, 1.165) is 37.4 Å². The average molecular weight is 428 g/mol. The van der Waals surface area contributed by atoms with Crippen LogP contribution < -0.4 is 20.1 Å². The second-order valence-corrected chi connectivity index (χ2v) is 7.98. The lowest BCUT2D eigenvalue weighted by Crippen LogP contribution is -2.50. The van der Waals surface area contributed by atoms with Gasteiger partial charge in [0.25, 0.3) is 0 Å². The van der Waals surface area contributed by atoms with E-state index < -0.39 is 11.8 Å². The third kappa shape index (κ3) is 5.00. The topological polar surface area (TPSA) is 88.1 Å². The Morgan fingerprint density at radius 2 is 1.74 bits per heavy atom. The highest BCUT2D eigenvalue weighted by atomic mass is 16.7. The van der Waals surface area contributed by atoms with Crippen LogP contribution in [0.25, 0.3) is 0 Å². The Morgan fingerprint density at radius 3 is 2.48 bits per heavy atom. The number of ether oxygens (including phenoxy) is 2. The van der Waals surface area contributed by atoms with Gasteiger partial charge in [-0.15, -0.1) is 0 Å². The van der Waals surface area contributed by atoms with E-state index in [1.807, 2.05) is 25.4 Å². The maximum atomic E-state index is 12.4. The predicted octanol–water partition coefficient (Wildman–Crippen LogP) is 0.475. The largest absolute Gasteiger partial charge is 0.454 e. The molecular weight excluding hydrogens is 398 g/mol. The standard InChI is InChI=1S/C22H29N5O4/c1-25-8-10-27(11-9-25)18(17-4-3-7-26(17)2)14-24-22(29)21(28)23-13-16-5-6-19-20(12-16)31-15-30-19/h3-7,12,18H,8-11,13-15H2,1-2H3,(H,23,28)(H,24,29). The van der Waals surface area contributed by atoms with Gasteiger partial charge in [-0.3, -0.25) is 14.5 Å². The van der Waals surface area contributed by atoms with E-state index in [1.165, 1.54) is 0 Å². The number of nitrogens with zero attached hydrogens (tertiary/aromatic N) is 3. The minimum atomic E-state index is -0.651. The fourth-order valence-electron chi connectivity index (χ4n) is 3.96. The summed E-state index contributed by atoms with van der Waals surface area (Å²) >= 11 is 0. The summed E-state index contributed by atoms with van der Waals surface area (Å²) in [5.74, 6) is 0.0491. The number of amides is 2. The zero-order valence-electron chi connectivity index (χ0n) is 18.0. The summed E-state index contributed by atoms with van der Waals surface area (Å²) in [4.78, 5) is 29.4. The van der Waals surface area contributed by atoms with Gasteiger partial charge in [0, 0.05) is 58.2 Å². The number of carbonyl (C=O) groups excluding carboxylic acids is 2. The fraction of sp³-hybridized carbons (Fsp3) is 0.455. The fourth-order valence-corrected chi connectivity index (χ4v) is 3.96. The molecule has 0 spiro atoms. The van der Waals surface area contributed by atoms with Gasteiger partial charge in [-0.2, -0.15) is 0 Å². The van der Waals surface area contributed by atoms with Gasteiger partial charge in [-0.1, -0.05) is 6.07 Å². The van der Waals surface area contributed by atoms with Crippen LogP contribution in [0.3, 0.4) is 0 Å². The lowest BCUT2D eigenvalue weighted by molar-refractivity contribution is -0.139. The van der Waals surface area contributed by atoms with Gasteiger partial charge in [-0.25, -0.2) is 0 Å². The van der Waals surface area contributed by atoms with Crippen molar-refractivity contribution in [3.05, 3.63) is 47.8 Å². The summed E-state index contributed by atoms with van der Waals surface area (Å²) in [6, 6.07) is 9.51. The Balaban J connectivity index is 1.32. The van der Waals surface area contributed by atoms with Gasteiger partial charge < -0.3 is 29.6 Å². The number of piperazine rings is 1. The van der Waals surface area contributed by atoms with E-state index in [9.17, 15) is 9.59 Å². The van der Waals surface area contributed by atoms with Crippen LogP contribution in [0.5, 0.6) is 11.5 Å². The van der Waals surface area contributed by atoms with Crippen molar-refractivity contribution < 1.29 is 19.1 Å². The second kappa shape index (κ2) is 9.40. The summed E-state index contributed by atoms with van der Waals surface area (Å²) in [7, 11) is 4.11. The van der Waals surface area contributed by atoms with Crippen molar-refractivity contribution >= 4 is 11.8 Å². The van der Waals surface area contributed by atoms with Gasteiger partial charge in [0.1, 0.15) is 0 Å². The van der Waals surface area contributed by atoms with Crippen molar-refractivity contribution in [2.75, 3.05) is 46.6 Å². The van der Waals surface area contributed by atoms with Gasteiger partial charge >= 0.3 is 11.8 Å². The molecule has 9 heteroatoms. The highest BCUT2D eigenvalue weighted by Crippen LogP contribution is 2.32. The molecule has 1 saturated heterocycles. The quantitative estimate of drug-likeness (QED) is 0.652. The Labute approximate surface area is 181 Å². The molecule has 1 unspecified atom stereocenters. The molecule has 2 amide bonds. The molecule has 1 aromatic carbocycles. The molecule has 1 aromatic heterocycles. The van der Waals surface area contributed by atoms with Crippen molar-refractivity contribution in [3.63, 3.8) is 0 Å². The first kappa shape index (κ1) is 21.2. The normalized spacial score (nSPS) is 17.4. The molecule has 3 heterocycles. The van der Waals surface area contributed by atoms with Crippen molar-refractivity contribution in [2.45, 2.75) is 12.6 Å². The number of rotatable bonds is 6. The SMILES string of the molecule is CN1CCN(C(CNC(=O)C(=O)NCc2ccc3c(c2)OCO3)c2cccn2C)CC1. The molecule has 0 radical (unpaired) electrons. The van der Waals surface area contributed by atoms with Crippen LogP contribution in [-0.2, 0) is 23.2 Å². The molecule has 166 valence electrons. The maximum absolute atomic E-state index is 12.4. The minimum absolute atomic E-state index is 0.0132. The number of likely N-dealkylation sites (N-methyl/N-ethyl adjacent to an activating group) is 1. The number of carbonyl (C=O) groups is 2. The van der Waals surface area contributed by atoms with E-state index in [0.29, 0.717) is 18.0 Å². The molecule has 9 nitrogen and oxygen atoms in total. The van der Waals surface area contributed by atoms with Crippen LogP contribution in [0.4, 0.5) is 0 Å². The van der Waals surface area contributed by atoms with Gasteiger partial charge in [0.05, 0.1) is 6.04 Å². The number of benzene rings is 1. The maximum Gasteiger partial charge on any atom is 0.309 e. The molecule has 31 heavy (non-hydrogen) atoms. The molecule has 1 fully saturated rings. The van der Waals surface area contributed by atoms with Gasteiger partial charge in [0.2, 0.25) is 6.79 Å². The van der Waals surface area contributed by atoms with E-state index in [-0.39, 0.29) is 19.4 Å². The molecule has 0 saturated carbocycles. The lowest BCUT2D eigenvalue weighted by atomic mass is 10.1. The molecule has 2 aromatic rings. The molecular formula is C22H29N5O4. The third-order valence-electron chi connectivity index (χ3n) is 5.86. The Bertz CT molecular complexity index is 936. The van der Waals surface area contributed by atoms with Crippen LogP contribution in [-0.4, -0.2) is 72.7 Å². The molecule has 4 rings (SSSR count). The highest BCUT2D eigenvalue weighted by Gasteiger charge is 2.27. The molecule has 1 atom stereocenters. The van der Waals surface area contributed by atoms with E-state index in [1.54, 1.807) is 12.1 Å². The Morgan fingerprint density at radius 1 is 1.00 bits per heavy atom. The summed E-state index contributed by atoms with van der Waals surface area (Å²) in [6.07, 6.45) is 2.00. The van der Waals surface area contributed by atoms with Crippen LogP contribution in [0, 0.1) is 0 Å². The number of hydrogen-bond acceptors (Lipinski definition) is 6. The molecule has 2 aliphatic rings. The second-order valence-electron chi connectivity index (χ2n) is 7.98. The molecule has 2 N–H and O–H groups in total. The molecule has 0 bridgehead atoms. The summed E-state index contributed by atoms with van der Waals surface area (Å²) < 4.78 is 12.7.